The van der Waals surface area contributed by atoms with Crippen molar-refractivity contribution in [3.63, 3.8) is 0 Å². The molecule has 1 fully saturated rings. The zero-order valence-electron chi connectivity index (χ0n) is 8.71. The first-order chi connectivity index (χ1) is 8.02. The Morgan fingerprint density at radius 2 is 2.18 bits per heavy atom. The molecule has 0 spiro atoms. The van der Waals surface area contributed by atoms with Gasteiger partial charge in [0.05, 0.1) is 10.7 Å². The summed E-state index contributed by atoms with van der Waals surface area (Å²) in [7, 11) is 0. The molecule has 1 unspecified atom stereocenters. The zero-order valence-corrected chi connectivity index (χ0v) is 11.8. The van der Waals surface area contributed by atoms with Crippen LogP contribution in [0.3, 0.4) is 0 Å². The van der Waals surface area contributed by atoms with Gasteiger partial charge in [-0.05, 0) is 28.1 Å². The van der Waals surface area contributed by atoms with Gasteiger partial charge in [-0.15, -0.1) is 12.3 Å². The number of amides is 1. The summed E-state index contributed by atoms with van der Waals surface area (Å²) in [6.45, 7) is 0.495. The molecule has 0 bridgehead atoms. The summed E-state index contributed by atoms with van der Waals surface area (Å²) in [4.78, 5) is 13.5. The van der Waals surface area contributed by atoms with Gasteiger partial charge in [0.1, 0.15) is 0 Å². The zero-order chi connectivity index (χ0) is 12.6. The van der Waals surface area contributed by atoms with Crippen molar-refractivity contribution in [3.05, 3.63) is 26.7 Å². The standard InChI is InChI=1S/C12H8BrCl2NO/c1-2-7-3-11(17)16(6-7)12-9(13)4-8(14)5-10(12)15/h1,4-5,7H,3,6H2. The van der Waals surface area contributed by atoms with Gasteiger partial charge in [0.25, 0.3) is 0 Å². The van der Waals surface area contributed by atoms with E-state index >= 15 is 0 Å². The quantitative estimate of drug-likeness (QED) is 0.717. The van der Waals surface area contributed by atoms with E-state index < -0.39 is 0 Å². The first kappa shape index (κ1) is 12.8. The third-order valence-electron chi connectivity index (χ3n) is 2.61. The number of rotatable bonds is 1. The molecule has 1 aromatic carbocycles. The largest absolute Gasteiger partial charge is 0.309 e. The van der Waals surface area contributed by atoms with Gasteiger partial charge in [-0.25, -0.2) is 0 Å². The highest BCUT2D eigenvalue weighted by Crippen LogP contribution is 2.39. The van der Waals surface area contributed by atoms with Crippen LogP contribution in [-0.2, 0) is 4.79 Å². The summed E-state index contributed by atoms with van der Waals surface area (Å²) in [5.41, 5.74) is 0.638. The maximum Gasteiger partial charge on any atom is 0.228 e. The summed E-state index contributed by atoms with van der Waals surface area (Å²) >= 11 is 15.3. The maximum atomic E-state index is 11.9. The van der Waals surface area contributed by atoms with Crippen LogP contribution in [0.1, 0.15) is 6.42 Å². The van der Waals surface area contributed by atoms with E-state index in [-0.39, 0.29) is 11.8 Å². The van der Waals surface area contributed by atoms with Gasteiger partial charge in [0.15, 0.2) is 0 Å². The van der Waals surface area contributed by atoms with Crippen molar-refractivity contribution < 1.29 is 4.79 Å². The lowest BCUT2D eigenvalue weighted by molar-refractivity contribution is -0.117. The lowest BCUT2D eigenvalue weighted by Gasteiger charge is -2.19. The molecular formula is C12H8BrCl2NO. The molecular weight excluding hydrogens is 325 g/mol. The summed E-state index contributed by atoms with van der Waals surface area (Å²) < 4.78 is 0.695. The molecule has 88 valence electrons. The molecule has 0 radical (unpaired) electrons. The molecule has 0 aliphatic carbocycles. The van der Waals surface area contributed by atoms with Crippen LogP contribution in [-0.4, -0.2) is 12.5 Å². The summed E-state index contributed by atoms with van der Waals surface area (Å²) in [5.74, 6) is 2.53. The minimum atomic E-state index is -0.0545. The Morgan fingerprint density at radius 1 is 1.47 bits per heavy atom. The molecule has 5 heteroatoms. The van der Waals surface area contributed by atoms with Crippen LogP contribution < -0.4 is 4.90 Å². The van der Waals surface area contributed by atoms with Crippen molar-refractivity contribution in [2.75, 3.05) is 11.4 Å². The van der Waals surface area contributed by atoms with E-state index in [2.05, 4.69) is 21.9 Å². The second-order valence-electron chi connectivity index (χ2n) is 3.79. The molecule has 1 amide bonds. The number of hydrogen-bond acceptors (Lipinski definition) is 1. The molecule has 1 atom stereocenters. The van der Waals surface area contributed by atoms with Gasteiger partial charge < -0.3 is 4.90 Å². The maximum absolute atomic E-state index is 11.9. The van der Waals surface area contributed by atoms with Crippen LogP contribution in [0.25, 0.3) is 0 Å². The second kappa shape index (κ2) is 4.89. The minimum absolute atomic E-state index is 0.0159. The fraction of sp³-hybridized carbons (Fsp3) is 0.250. The van der Waals surface area contributed by atoms with E-state index in [1.165, 1.54) is 0 Å². The number of anilines is 1. The predicted octanol–water partition coefficient (Wildman–Crippen LogP) is 3.74. The smallest absolute Gasteiger partial charge is 0.228 e. The molecule has 1 aliphatic heterocycles. The molecule has 1 aromatic rings. The Balaban J connectivity index is 2.42. The number of benzene rings is 1. The number of carbonyl (C=O) groups is 1. The van der Waals surface area contributed by atoms with Crippen molar-refractivity contribution in [2.45, 2.75) is 6.42 Å². The van der Waals surface area contributed by atoms with Gasteiger partial charge >= 0.3 is 0 Å². The minimum Gasteiger partial charge on any atom is -0.309 e. The normalized spacial score (nSPS) is 19.5. The Bertz CT molecular complexity index is 501. The highest BCUT2D eigenvalue weighted by Gasteiger charge is 2.31. The summed E-state index contributed by atoms with van der Waals surface area (Å²) in [6.07, 6.45) is 5.70. The number of carbonyl (C=O) groups excluding carboxylic acids is 1. The van der Waals surface area contributed by atoms with Gasteiger partial charge in [-0.3, -0.25) is 4.79 Å². The highest BCUT2D eigenvalue weighted by atomic mass is 79.9. The van der Waals surface area contributed by atoms with Crippen LogP contribution >= 0.6 is 39.1 Å². The van der Waals surface area contributed by atoms with Crippen molar-refractivity contribution in [2.24, 2.45) is 5.92 Å². The van der Waals surface area contributed by atoms with E-state index in [1.807, 2.05) is 0 Å². The van der Waals surface area contributed by atoms with E-state index in [4.69, 9.17) is 29.6 Å². The number of nitrogens with zero attached hydrogens (tertiary/aromatic N) is 1. The van der Waals surface area contributed by atoms with Gasteiger partial charge in [0, 0.05) is 28.4 Å². The van der Waals surface area contributed by atoms with Crippen molar-refractivity contribution in [3.8, 4) is 12.3 Å². The first-order valence-electron chi connectivity index (χ1n) is 4.94. The summed E-state index contributed by atoms with van der Waals surface area (Å²) in [5, 5.41) is 0.959. The molecule has 1 aliphatic rings. The van der Waals surface area contributed by atoms with Crippen molar-refractivity contribution >= 4 is 50.7 Å². The van der Waals surface area contributed by atoms with Crippen molar-refractivity contribution in [1.82, 2.24) is 0 Å². The van der Waals surface area contributed by atoms with Crippen LogP contribution in [0.5, 0.6) is 0 Å². The molecule has 0 aromatic heterocycles. The Hall–Kier alpha value is -0.690. The van der Waals surface area contributed by atoms with E-state index in [9.17, 15) is 4.79 Å². The molecule has 1 saturated heterocycles. The van der Waals surface area contributed by atoms with Crippen LogP contribution in [0.4, 0.5) is 5.69 Å². The monoisotopic (exact) mass is 331 g/mol. The van der Waals surface area contributed by atoms with Gasteiger partial charge in [0.2, 0.25) is 5.91 Å². The third kappa shape index (κ3) is 2.44. The molecule has 1 heterocycles. The van der Waals surface area contributed by atoms with E-state index in [1.54, 1.807) is 17.0 Å². The number of halogens is 3. The second-order valence-corrected chi connectivity index (χ2v) is 5.49. The average molecular weight is 333 g/mol. The molecule has 2 rings (SSSR count). The number of hydrogen-bond donors (Lipinski definition) is 0. The highest BCUT2D eigenvalue weighted by molar-refractivity contribution is 9.10. The molecule has 2 nitrogen and oxygen atoms in total. The molecule has 0 saturated carbocycles. The fourth-order valence-electron chi connectivity index (χ4n) is 1.83. The Morgan fingerprint density at radius 3 is 2.71 bits per heavy atom. The van der Waals surface area contributed by atoms with Gasteiger partial charge in [-0.1, -0.05) is 23.2 Å². The van der Waals surface area contributed by atoms with Crippen molar-refractivity contribution in [1.29, 1.82) is 0 Å². The lowest BCUT2D eigenvalue weighted by atomic mass is 10.1. The van der Waals surface area contributed by atoms with E-state index in [0.717, 1.165) is 0 Å². The third-order valence-corrected chi connectivity index (χ3v) is 3.72. The lowest BCUT2D eigenvalue weighted by Crippen LogP contribution is -2.25. The summed E-state index contributed by atoms with van der Waals surface area (Å²) in [6, 6.07) is 3.32. The van der Waals surface area contributed by atoms with Crippen LogP contribution in [0.15, 0.2) is 16.6 Å². The Kier molecular flexibility index (Phi) is 3.67. The van der Waals surface area contributed by atoms with Crippen LogP contribution in [0, 0.1) is 18.3 Å². The van der Waals surface area contributed by atoms with Crippen LogP contribution in [0.2, 0.25) is 10.0 Å². The predicted molar refractivity (Wildman–Crippen MR) is 73.5 cm³/mol. The van der Waals surface area contributed by atoms with Gasteiger partial charge in [-0.2, -0.15) is 0 Å². The Labute approximate surface area is 118 Å². The SMILES string of the molecule is C#CC1CC(=O)N(c2c(Cl)cc(Cl)cc2Br)C1. The molecule has 0 N–H and O–H groups in total. The average Bonchev–Trinajstić information content (AvgIpc) is 2.59. The number of terminal acetylenes is 1. The molecule has 17 heavy (non-hydrogen) atoms. The fourth-order valence-corrected chi connectivity index (χ4v) is 3.34. The van der Waals surface area contributed by atoms with E-state index in [0.29, 0.717) is 33.2 Å². The first-order valence-corrected chi connectivity index (χ1v) is 6.49. The topological polar surface area (TPSA) is 20.3 Å².